The van der Waals surface area contributed by atoms with E-state index in [-0.39, 0.29) is 5.41 Å². The van der Waals surface area contributed by atoms with Gasteiger partial charge in [-0.15, -0.1) is 0 Å². The Morgan fingerprint density at radius 2 is 0.945 bits per heavy atom. The normalized spacial score (nSPS) is 14.1. The molecule has 0 aliphatic heterocycles. The van der Waals surface area contributed by atoms with Crippen LogP contribution in [0.3, 0.4) is 0 Å². The van der Waals surface area contributed by atoms with Gasteiger partial charge in [-0.05, 0) is 171 Å². The van der Waals surface area contributed by atoms with Crippen LogP contribution in [0.25, 0.3) is 99.7 Å². The molecule has 2 aliphatic rings. The van der Waals surface area contributed by atoms with Crippen LogP contribution >= 0.6 is 0 Å². The van der Waals surface area contributed by atoms with Gasteiger partial charge < -0.3 is 0 Å². The van der Waals surface area contributed by atoms with Crippen LogP contribution in [0.5, 0.6) is 0 Å². The Labute approximate surface area is 322 Å². The second kappa shape index (κ2) is 11.9. The third-order valence-electron chi connectivity index (χ3n) is 12.9. The smallest absolute Gasteiger partial charge is 0.0159 e. The minimum absolute atomic E-state index is 0.0544. The zero-order valence-electron chi connectivity index (χ0n) is 31.9. The predicted molar refractivity (Wildman–Crippen MR) is 237 cm³/mol. The third kappa shape index (κ3) is 4.71. The van der Waals surface area contributed by atoms with Crippen molar-refractivity contribution in [3.63, 3.8) is 0 Å². The summed E-state index contributed by atoms with van der Waals surface area (Å²) in [6, 6.07) is 55.4. The summed E-state index contributed by atoms with van der Waals surface area (Å²) in [5, 5.41) is 13.2. The van der Waals surface area contributed by atoms with Crippen molar-refractivity contribution in [2.75, 3.05) is 0 Å². The summed E-state index contributed by atoms with van der Waals surface area (Å²) < 4.78 is 0. The SMILES string of the molecule is Cc1ccc2ccccc2c1-c1cc2c(cc(-c3c(C)ccc4ccccc34)c3ccc(-c4ccc5c(c4)C(C)(C)c4ccccc4-5)cc32)c2c1=CCCC=2. The fraction of sp³-hybridized carbons (Fsp3) is 0.127. The highest BCUT2D eigenvalue weighted by atomic mass is 14.4. The Morgan fingerprint density at radius 3 is 1.69 bits per heavy atom. The molecule has 262 valence electrons. The van der Waals surface area contributed by atoms with Crippen molar-refractivity contribution in [2.45, 2.75) is 46.0 Å². The molecule has 0 nitrogen and oxygen atoms in total. The van der Waals surface area contributed by atoms with Gasteiger partial charge in [-0.2, -0.15) is 0 Å². The summed E-state index contributed by atoms with van der Waals surface area (Å²) in [5.74, 6) is 0. The first-order valence-corrected chi connectivity index (χ1v) is 19.8. The van der Waals surface area contributed by atoms with E-state index in [1.54, 1.807) is 0 Å². The lowest BCUT2D eigenvalue weighted by Crippen LogP contribution is -2.30. The minimum atomic E-state index is -0.0544. The maximum absolute atomic E-state index is 2.53. The van der Waals surface area contributed by atoms with Gasteiger partial charge in [0.25, 0.3) is 0 Å². The van der Waals surface area contributed by atoms with E-state index < -0.39 is 0 Å². The quantitative estimate of drug-likeness (QED) is 0.161. The first kappa shape index (κ1) is 32.2. The summed E-state index contributed by atoms with van der Waals surface area (Å²) in [5.41, 5.74) is 16.0. The van der Waals surface area contributed by atoms with Gasteiger partial charge in [-0.1, -0.05) is 147 Å². The Hall–Kier alpha value is -6.24. The second-order valence-corrected chi connectivity index (χ2v) is 16.4. The maximum Gasteiger partial charge on any atom is 0.0159 e. The first-order chi connectivity index (χ1) is 26.9. The van der Waals surface area contributed by atoms with Crippen molar-refractivity contribution < 1.29 is 0 Å². The van der Waals surface area contributed by atoms with Crippen LogP contribution in [-0.4, -0.2) is 0 Å². The molecule has 0 bridgehead atoms. The maximum atomic E-state index is 2.53. The van der Waals surface area contributed by atoms with Gasteiger partial charge >= 0.3 is 0 Å². The Kier molecular flexibility index (Phi) is 6.96. The van der Waals surface area contributed by atoms with Crippen molar-refractivity contribution in [1.29, 1.82) is 0 Å². The molecule has 0 saturated carbocycles. The molecule has 0 heterocycles. The molecular weight excluding hydrogens is 661 g/mol. The van der Waals surface area contributed by atoms with E-state index >= 15 is 0 Å². The summed E-state index contributed by atoms with van der Waals surface area (Å²) in [4.78, 5) is 0. The lowest BCUT2D eigenvalue weighted by Gasteiger charge is -2.22. The molecule has 9 aromatic carbocycles. The van der Waals surface area contributed by atoms with Crippen LogP contribution in [0.4, 0.5) is 0 Å². The van der Waals surface area contributed by atoms with E-state index in [1.165, 1.54) is 120 Å². The van der Waals surface area contributed by atoms with E-state index in [0.29, 0.717) is 0 Å². The molecule has 11 rings (SSSR count). The van der Waals surface area contributed by atoms with Crippen LogP contribution in [0.15, 0.2) is 146 Å². The van der Waals surface area contributed by atoms with Crippen LogP contribution in [0.2, 0.25) is 0 Å². The number of aryl methyl sites for hydroxylation is 2. The van der Waals surface area contributed by atoms with E-state index in [4.69, 9.17) is 0 Å². The fourth-order valence-corrected chi connectivity index (χ4v) is 10.2. The number of hydrogen-bond donors (Lipinski definition) is 0. The predicted octanol–water partition coefficient (Wildman–Crippen LogP) is 13.6. The van der Waals surface area contributed by atoms with E-state index in [0.717, 1.165) is 12.8 Å². The van der Waals surface area contributed by atoms with Crippen molar-refractivity contribution >= 4 is 55.2 Å². The van der Waals surface area contributed by atoms with Crippen LogP contribution in [0.1, 0.15) is 48.9 Å². The molecule has 0 radical (unpaired) electrons. The average molecular weight is 703 g/mol. The summed E-state index contributed by atoms with van der Waals surface area (Å²) in [7, 11) is 0. The zero-order chi connectivity index (χ0) is 37.0. The summed E-state index contributed by atoms with van der Waals surface area (Å²) in [6.45, 7) is 9.31. The number of hydrogen-bond acceptors (Lipinski definition) is 0. The molecule has 0 unspecified atom stereocenters. The van der Waals surface area contributed by atoms with Crippen LogP contribution in [0, 0.1) is 13.8 Å². The van der Waals surface area contributed by atoms with Gasteiger partial charge in [-0.3, -0.25) is 0 Å². The molecule has 0 aromatic heterocycles. The number of benzene rings is 9. The van der Waals surface area contributed by atoms with Gasteiger partial charge in [0, 0.05) is 5.41 Å². The Balaban J connectivity index is 1.26. The highest BCUT2D eigenvalue weighted by Gasteiger charge is 2.35. The average Bonchev–Trinajstić information content (AvgIpc) is 3.45. The summed E-state index contributed by atoms with van der Waals surface area (Å²) >= 11 is 0. The lowest BCUT2D eigenvalue weighted by molar-refractivity contribution is 0.660. The molecule has 2 aliphatic carbocycles. The molecule has 0 spiro atoms. The van der Waals surface area contributed by atoms with E-state index in [1.807, 2.05) is 0 Å². The van der Waals surface area contributed by atoms with Crippen LogP contribution in [-0.2, 0) is 5.41 Å². The monoisotopic (exact) mass is 702 g/mol. The van der Waals surface area contributed by atoms with Gasteiger partial charge in [0.1, 0.15) is 0 Å². The molecule has 0 N–H and O–H groups in total. The van der Waals surface area contributed by atoms with Gasteiger partial charge in [0.15, 0.2) is 0 Å². The zero-order valence-corrected chi connectivity index (χ0v) is 31.9. The number of fused-ring (bicyclic) bond motifs is 10. The van der Waals surface area contributed by atoms with Gasteiger partial charge in [-0.25, -0.2) is 0 Å². The van der Waals surface area contributed by atoms with Crippen molar-refractivity contribution in [2.24, 2.45) is 0 Å². The van der Waals surface area contributed by atoms with Crippen molar-refractivity contribution in [3.8, 4) is 44.5 Å². The standard InChI is InChI=1S/C55H42/c1-33-21-23-35-13-5-7-15-39(35)53(33)49-32-48-46-29-37(38-26-28-45-44-19-11-12-20-51(44)55(3,4)52(45)30-38)25-27-43(46)50(31-47(48)41-17-9-10-18-42(41)49)54-34(2)22-24-36-14-6-8-16-40(36)54/h5-8,11-32H,9-10H2,1-4H3. The largest absolute Gasteiger partial charge is 0.0757 e. The first-order valence-electron chi connectivity index (χ1n) is 19.8. The fourth-order valence-electron chi connectivity index (χ4n) is 10.2. The molecule has 0 fully saturated rings. The van der Waals surface area contributed by atoms with Crippen molar-refractivity contribution in [1.82, 2.24) is 0 Å². The molecule has 0 amide bonds. The summed E-state index contributed by atoms with van der Waals surface area (Å²) in [6.07, 6.45) is 7.12. The van der Waals surface area contributed by atoms with Crippen LogP contribution < -0.4 is 10.4 Å². The molecule has 9 aromatic rings. The lowest BCUT2D eigenvalue weighted by atomic mass is 9.81. The van der Waals surface area contributed by atoms with Gasteiger partial charge in [0.2, 0.25) is 0 Å². The molecule has 55 heavy (non-hydrogen) atoms. The van der Waals surface area contributed by atoms with Gasteiger partial charge in [0.05, 0.1) is 0 Å². The molecule has 0 heteroatoms. The topological polar surface area (TPSA) is 0 Å². The van der Waals surface area contributed by atoms with E-state index in [9.17, 15) is 0 Å². The Morgan fingerprint density at radius 1 is 0.382 bits per heavy atom. The van der Waals surface area contributed by atoms with Crippen molar-refractivity contribution in [3.05, 3.63) is 178 Å². The number of rotatable bonds is 3. The Bertz CT molecular complexity index is 3240. The molecular formula is C55H42. The second-order valence-electron chi connectivity index (χ2n) is 16.4. The molecule has 0 saturated heterocycles. The highest BCUT2D eigenvalue weighted by molar-refractivity contribution is 6.19. The minimum Gasteiger partial charge on any atom is -0.0757 e. The highest BCUT2D eigenvalue weighted by Crippen LogP contribution is 2.50. The third-order valence-corrected chi connectivity index (χ3v) is 12.9. The van der Waals surface area contributed by atoms with E-state index in [2.05, 4.69) is 185 Å². The molecule has 0 atom stereocenters.